The van der Waals surface area contributed by atoms with Gasteiger partial charge in [-0.25, -0.2) is 0 Å². The highest BCUT2D eigenvalue weighted by atomic mass is 16.4. The van der Waals surface area contributed by atoms with Crippen LogP contribution in [0.3, 0.4) is 0 Å². The minimum absolute atomic E-state index is 0.0173. The fourth-order valence-electron chi connectivity index (χ4n) is 2.87. The van der Waals surface area contributed by atoms with Crippen molar-refractivity contribution in [1.82, 2.24) is 0 Å². The van der Waals surface area contributed by atoms with E-state index in [0.29, 0.717) is 5.56 Å². The second-order valence-corrected chi connectivity index (χ2v) is 5.54. The van der Waals surface area contributed by atoms with Gasteiger partial charge in [-0.15, -0.1) is 0 Å². The molecule has 0 spiro atoms. The van der Waals surface area contributed by atoms with Crippen molar-refractivity contribution in [3.8, 4) is 6.07 Å². The van der Waals surface area contributed by atoms with Gasteiger partial charge in [-0.1, -0.05) is 24.3 Å². The average Bonchev–Trinajstić information content (AvgIpc) is 2.91. The van der Waals surface area contributed by atoms with Gasteiger partial charge in [-0.05, 0) is 29.3 Å². The molecule has 0 bridgehead atoms. The third-order valence-electron chi connectivity index (χ3n) is 4.06. The van der Waals surface area contributed by atoms with Gasteiger partial charge in [-0.2, -0.15) is 5.26 Å². The Bertz CT molecular complexity index is 879. The number of aliphatic imine (C=N–C) groups is 1. The van der Waals surface area contributed by atoms with Crippen LogP contribution in [-0.2, 0) is 15.1 Å². The Kier molecular flexibility index (Phi) is 3.67. The van der Waals surface area contributed by atoms with Crippen molar-refractivity contribution >= 4 is 28.7 Å². The number of rotatable bonds is 5. The standard InChI is InChI=1S/C18H14N2O3/c19-11-18(16(21)6-3-7-17(22)23)15-9-13-5-2-1-4-12(13)8-14(15)10-20-18/h1-2,4-5,8-10H,3,6-7H2,(H,22,23). The molecule has 5 nitrogen and oxygen atoms in total. The predicted molar refractivity (Wildman–Crippen MR) is 85.3 cm³/mol. The largest absolute Gasteiger partial charge is 0.481 e. The number of fused-ring (bicyclic) bond motifs is 2. The fourth-order valence-corrected chi connectivity index (χ4v) is 2.87. The smallest absolute Gasteiger partial charge is 0.303 e. The van der Waals surface area contributed by atoms with Gasteiger partial charge in [0.25, 0.3) is 0 Å². The minimum atomic E-state index is -1.54. The number of carboxylic acid groups (broad SMARTS) is 1. The molecule has 114 valence electrons. The Balaban J connectivity index is 1.98. The summed E-state index contributed by atoms with van der Waals surface area (Å²) in [5.41, 5.74) is -0.200. The number of benzene rings is 2. The number of ketones is 1. The number of carbonyl (C=O) groups excluding carboxylic acids is 1. The molecule has 0 amide bonds. The molecular formula is C18H14N2O3. The van der Waals surface area contributed by atoms with Gasteiger partial charge in [0.05, 0.1) is 0 Å². The molecule has 0 radical (unpaired) electrons. The van der Waals surface area contributed by atoms with E-state index in [4.69, 9.17) is 5.11 Å². The van der Waals surface area contributed by atoms with Crippen molar-refractivity contribution in [2.45, 2.75) is 24.8 Å². The summed E-state index contributed by atoms with van der Waals surface area (Å²) < 4.78 is 0. The van der Waals surface area contributed by atoms with Gasteiger partial charge in [0.1, 0.15) is 6.07 Å². The first-order valence-corrected chi connectivity index (χ1v) is 7.32. The Morgan fingerprint density at radius 2 is 1.87 bits per heavy atom. The van der Waals surface area contributed by atoms with Crippen LogP contribution < -0.4 is 0 Å². The number of nitrogens with zero attached hydrogens (tertiary/aromatic N) is 2. The highest BCUT2D eigenvalue weighted by molar-refractivity contribution is 6.04. The van der Waals surface area contributed by atoms with Gasteiger partial charge in [0, 0.05) is 30.2 Å². The molecule has 1 aliphatic heterocycles. The molecule has 1 aliphatic rings. The van der Waals surface area contributed by atoms with E-state index >= 15 is 0 Å². The summed E-state index contributed by atoms with van der Waals surface area (Å²) in [5.74, 6) is -1.31. The lowest BCUT2D eigenvalue weighted by Crippen LogP contribution is -2.30. The van der Waals surface area contributed by atoms with E-state index in [-0.39, 0.29) is 25.0 Å². The summed E-state index contributed by atoms with van der Waals surface area (Å²) >= 11 is 0. The zero-order valence-corrected chi connectivity index (χ0v) is 12.3. The molecule has 3 rings (SSSR count). The third kappa shape index (κ3) is 2.49. The maximum Gasteiger partial charge on any atom is 0.303 e. The summed E-state index contributed by atoms with van der Waals surface area (Å²) in [4.78, 5) is 27.3. The summed E-state index contributed by atoms with van der Waals surface area (Å²) in [5, 5.41) is 20.3. The van der Waals surface area contributed by atoms with Gasteiger partial charge in [0.15, 0.2) is 5.78 Å². The van der Waals surface area contributed by atoms with Crippen LogP contribution in [-0.4, -0.2) is 23.1 Å². The van der Waals surface area contributed by atoms with Gasteiger partial charge in [-0.3, -0.25) is 14.6 Å². The second-order valence-electron chi connectivity index (χ2n) is 5.54. The van der Waals surface area contributed by atoms with Crippen LogP contribution in [0.25, 0.3) is 10.8 Å². The van der Waals surface area contributed by atoms with E-state index in [1.54, 1.807) is 6.21 Å². The Hall–Kier alpha value is -3.00. The normalized spacial score (nSPS) is 18.6. The number of carbonyl (C=O) groups is 2. The second kappa shape index (κ2) is 5.65. The Morgan fingerprint density at radius 3 is 2.52 bits per heavy atom. The lowest BCUT2D eigenvalue weighted by atomic mass is 9.84. The van der Waals surface area contributed by atoms with E-state index < -0.39 is 11.5 Å². The van der Waals surface area contributed by atoms with Crippen LogP contribution in [0.4, 0.5) is 0 Å². The quantitative estimate of drug-likeness (QED) is 0.919. The fraction of sp³-hybridized carbons (Fsp3) is 0.222. The molecule has 1 N–H and O–H groups in total. The molecule has 1 heterocycles. The zero-order chi connectivity index (χ0) is 16.4. The number of carboxylic acids is 1. The number of aliphatic carboxylic acids is 1. The Morgan fingerprint density at radius 1 is 1.17 bits per heavy atom. The van der Waals surface area contributed by atoms with Crippen molar-refractivity contribution in [3.05, 3.63) is 47.5 Å². The molecule has 0 aliphatic carbocycles. The molecule has 5 heteroatoms. The topological polar surface area (TPSA) is 90.5 Å². The molecule has 0 aromatic heterocycles. The minimum Gasteiger partial charge on any atom is -0.481 e. The lowest BCUT2D eigenvalue weighted by Gasteiger charge is -2.18. The highest BCUT2D eigenvalue weighted by Crippen LogP contribution is 2.37. The van der Waals surface area contributed by atoms with E-state index in [1.807, 2.05) is 42.5 Å². The number of Topliss-reactive ketones (excluding diaryl/α,β-unsaturated/α-hetero) is 1. The molecular weight excluding hydrogens is 292 g/mol. The molecule has 0 saturated heterocycles. The SMILES string of the molecule is N#CC1(C(=O)CCCC(=O)O)N=Cc2cc3ccccc3cc21. The lowest BCUT2D eigenvalue weighted by molar-refractivity contribution is -0.137. The monoisotopic (exact) mass is 306 g/mol. The summed E-state index contributed by atoms with van der Waals surface area (Å²) in [6.45, 7) is 0. The highest BCUT2D eigenvalue weighted by Gasteiger charge is 2.43. The third-order valence-corrected chi connectivity index (χ3v) is 4.06. The Labute approximate surface area is 132 Å². The van der Waals surface area contributed by atoms with Crippen molar-refractivity contribution in [3.63, 3.8) is 0 Å². The molecule has 0 saturated carbocycles. The van der Waals surface area contributed by atoms with Crippen LogP contribution in [0.2, 0.25) is 0 Å². The first kappa shape index (κ1) is 14.9. The van der Waals surface area contributed by atoms with Crippen LogP contribution in [0.1, 0.15) is 30.4 Å². The van der Waals surface area contributed by atoms with Gasteiger partial charge >= 0.3 is 5.97 Å². The van der Waals surface area contributed by atoms with Crippen LogP contribution >= 0.6 is 0 Å². The predicted octanol–water partition coefficient (Wildman–Crippen LogP) is 2.82. The molecule has 23 heavy (non-hydrogen) atoms. The van der Waals surface area contributed by atoms with Crippen LogP contribution in [0.5, 0.6) is 0 Å². The van der Waals surface area contributed by atoms with Crippen LogP contribution in [0, 0.1) is 11.3 Å². The van der Waals surface area contributed by atoms with Crippen molar-refractivity contribution < 1.29 is 14.7 Å². The van der Waals surface area contributed by atoms with Crippen LogP contribution in [0.15, 0.2) is 41.4 Å². The average molecular weight is 306 g/mol. The molecule has 1 atom stereocenters. The summed E-state index contributed by atoms with van der Waals surface area (Å²) in [6, 6.07) is 13.5. The molecule has 2 aromatic carbocycles. The van der Waals surface area contributed by atoms with E-state index in [1.165, 1.54) is 0 Å². The van der Waals surface area contributed by atoms with Crippen molar-refractivity contribution in [1.29, 1.82) is 5.26 Å². The first-order valence-electron chi connectivity index (χ1n) is 7.32. The van der Waals surface area contributed by atoms with E-state index in [0.717, 1.165) is 16.3 Å². The maximum atomic E-state index is 12.5. The zero-order valence-electron chi connectivity index (χ0n) is 12.3. The van der Waals surface area contributed by atoms with Crippen molar-refractivity contribution in [2.24, 2.45) is 4.99 Å². The van der Waals surface area contributed by atoms with Crippen molar-refractivity contribution in [2.75, 3.05) is 0 Å². The summed E-state index contributed by atoms with van der Waals surface area (Å²) in [7, 11) is 0. The number of nitriles is 1. The maximum absolute atomic E-state index is 12.5. The molecule has 2 aromatic rings. The summed E-state index contributed by atoms with van der Waals surface area (Å²) in [6.07, 6.45) is 1.68. The number of hydrogen-bond donors (Lipinski definition) is 1. The molecule has 0 fully saturated rings. The van der Waals surface area contributed by atoms with Gasteiger partial charge < -0.3 is 5.11 Å². The number of hydrogen-bond acceptors (Lipinski definition) is 4. The molecule has 1 unspecified atom stereocenters. The first-order chi connectivity index (χ1) is 11.1. The van der Waals surface area contributed by atoms with E-state index in [2.05, 4.69) is 4.99 Å². The van der Waals surface area contributed by atoms with Gasteiger partial charge in [0.2, 0.25) is 5.54 Å². The van der Waals surface area contributed by atoms with E-state index in [9.17, 15) is 14.9 Å².